The normalized spacial score (nSPS) is 43.3. The van der Waals surface area contributed by atoms with Gasteiger partial charge >= 0.3 is 0 Å². The zero-order chi connectivity index (χ0) is 4.91. The van der Waals surface area contributed by atoms with E-state index in [4.69, 9.17) is 0 Å². The van der Waals surface area contributed by atoms with E-state index < -0.39 is 0 Å². The Kier molecular flexibility index (Phi) is 0.487. The molecular formula is C6H11N. The maximum atomic E-state index is 3.45. The van der Waals surface area contributed by atoms with E-state index >= 15 is 0 Å². The Morgan fingerprint density at radius 2 is 2.29 bits per heavy atom. The van der Waals surface area contributed by atoms with E-state index in [1.54, 1.807) is 0 Å². The van der Waals surface area contributed by atoms with E-state index in [1.165, 1.54) is 19.4 Å². The summed E-state index contributed by atoms with van der Waals surface area (Å²) in [6.45, 7) is 3.60. The minimum atomic E-state index is 0.681. The van der Waals surface area contributed by atoms with Crippen LogP contribution in [-0.4, -0.2) is 12.1 Å². The van der Waals surface area contributed by atoms with Crippen molar-refractivity contribution in [2.24, 2.45) is 5.92 Å². The van der Waals surface area contributed by atoms with Crippen LogP contribution in [0.2, 0.25) is 0 Å². The molecule has 0 bridgehead atoms. The van der Waals surface area contributed by atoms with Gasteiger partial charge in [0.1, 0.15) is 0 Å². The topological polar surface area (TPSA) is 12.0 Å². The lowest BCUT2D eigenvalue weighted by Gasteiger charge is -2.36. The van der Waals surface area contributed by atoms with Gasteiger partial charge in [-0.05, 0) is 25.3 Å². The van der Waals surface area contributed by atoms with Crippen LogP contribution in [0, 0.1) is 5.92 Å². The highest BCUT2D eigenvalue weighted by Crippen LogP contribution is 2.47. The molecule has 1 unspecified atom stereocenters. The lowest BCUT2D eigenvalue weighted by molar-refractivity contribution is 0.230. The van der Waals surface area contributed by atoms with Crippen LogP contribution in [-0.2, 0) is 0 Å². The maximum Gasteiger partial charge on any atom is 0.0220 e. The summed E-state index contributed by atoms with van der Waals surface area (Å²) < 4.78 is 0. The highest BCUT2D eigenvalue weighted by atomic mass is 15.1. The SMILES string of the molecule is CC1CNC12CC2. The van der Waals surface area contributed by atoms with Crippen LogP contribution in [0.3, 0.4) is 0 Å². The Bertz CT molecular complexity index is 94.4. The molecule has 1 spiro atoms. The minimum Gasteiger partial charge on any atom is -0.311 e. The monoisotopic (exact) mass is 97.1 g/mol. The highest BCUT2D eigenvalue weighted by molar-refractivity contribution is 5.12. The van der Waals surface area contributed by atoms with Gasteiger partial charge in [0, 0.05) is 5.54 Å². The molecule has 0 aromatic heterocycles. The van der Waals surface area contributed by atoms with E-state index in [9.17, 15) is 0 Å². The van der Waals surface area contributed by atoms with Crippen LogP contribution in [0.1, 0.15) is 19.8 Å². The quantitative estimate of drug-likeness (QED) is 0.470. The maximum absolute atomic E-state index is 3.45. The first-order valence-electron chi connectivity index (χ1n) is 3.08. The van der Waals surface area contributed by atoms with Crippen molar-refractivity contribution in [3.8, 4) is 0 Å². The summed E-state index contributed by atoms with van der Waals surface area (Å²) in [6, 6.07) is 0. The highest BCUT2D eigenvalue weighted by Gasteiger charge is 2.52. The van der Waals surface area contributed by atoms with Gasteiger partial charge in [-0.15, -0.1) is 0 Å². The molecule has 40 valence electrons. The summed E-state index contributed by atoms with van der Waals surface area (Å²) in [6.07, 6.45) is 2.88. The molecule has 1 N–H and O–H groups in total. The molecule has 0 aromatic rings. The molecule has 1 saturated carbocycles. The van der Waals surface area contributed by atoms with Gasteiger partial charge in [0.05, 0.1) is 0 Å². The van der Waals surface area contributed by atoms with Gasteiger partial charge in [0.2, 0.25) is 0 Å². The average molecular weight is 97.2 g/mol. The first-order valence-corrected chi connectivity index (χ1v) is 3.08. The lowest BCUT2D eigenvalue weighted by atomic mass is 9.91. The Hall–Kier alpha value is -0.0400. The van der Waals surface area contributed by atoms with Crippen molar-refractivity contribution in [3.05, 3.63) is 0 Å². The molecular weight excluding hydrogens is 86.1 g/mol. The number of rotatable bonds is 0. The molecule has 0 amide bonds. The molecule has 0 aromatic carbocycles. The number of hydrogen-bond donors (Lipinski definition) is 1. The molecule has 7 heavy (non-hydrogen) atoms. The second kappa shape index (κ2) is 0.873. The Morgan fingerprint density at radius 3 is 2.29 bits per heavy atom. The Morgan fingerprint density at radius 1 is 1.57 bits per heavy atom. The van der Waals surface area contributed by atoms with Gasteiger partial charge in [-0.3, -0.25) is 0 Å². The summed E-state index contributed by atoms with van der Waals surface area (Å²) in [7, 11) is 0. The van der Waals surface area contributed by atoms with Crippen molar-refractivity contribution >= 4 is 0 Å². The fourth-order valence-electron chi connectivity index (χ4n) is 1.40. The van der Waals surface area contributed by atoms with Crippen LogP contribution in [0.5, 0.6) is 0 Å². The Labute approximate surface area is 44.1 Å². The fourth-order valence-corrected chi connectivity index (χ4v) is 1.40. The second-order valence-corrected chi connectivity index (χ2v) is 2.94. The molecule has 1 aliphatic heterocycles. The third-order valence-electron chi connectivity index (χ3n) is 2.49. The van der Waals surface area contributed by atoms with Crippen molar-refractivity contribution in [3.63, 3.8) is 0 Å². The standard InChI is InChI=1S/C6H11N/c1-5-4-7-6(5)2-3-6/h5,7H,2-4H2,1H3. The molecule has 1 atom stereocenters. The molecule has 2 fully saturated rings. The fraction of sp³-hybridized carbons (Fsp3) is 1.00. The third-order valence-corrected chi connectivity index (χ3v) is 2.49. The van der Waals surface area contributed by atoms with Crippen molar-refractivity contribution in [2.75, 3.05) is 6.54 Å². The van der Waals surface area contributed by atoms with E-state index in [0.717, 1.165) is 5.92 Å². The predicted octanol–water partition coefficient (Wildman–Crippen LogP) is 0.758. The summed E-state index contributed by atoms with van der Waals surface area (Å²) in [5, 5.41) is 3.45. The smallest absolute Gasteiger partial charge is 0.0220 e. The van der Waals surface area contributed by atoms with Gasteiger partial charge in [0.25, 0.3) is 0 Å². The first kappa shape index (κ1) is 3.90. The largest absolute Gasteiger partial charge is 0.311 e. The number of hydrogen-bond acceptors (Lipinski definition) is 1. The van der Waals surface area contributed by atoms with Crippen molar-refractivity contribution in [2.45, 2.75) is 25.3 Å². The van der Waals surface area contributed by atoms with Crippen LogP contribution in [0.4, 0.5) is 0 Å². The summed E-state index contributed by atoms with van der Waals surface area (Å²) in [5.74, 6) is 0.979. The molecule has 1 nitrogen and oxygen atoms in total. The predicted molar refractivity (Wildman–Crippen MR) is 29.1 cm³/mol. The first-order chi connectivity index (χ1) is 3.33. The van der Waals surface area contributed by atoms with Crippen LogP contribution < -0.4 is 5.32 Å². The van der Waals surface area contributed by atoms with Gasteiger partial charge in [0.15, 0.2) is 0 Å². The lowest BCUT2D eigenvalue weighted by Crippen LogP contribution is -2.53. The molecule has 2 aliphatic rings. The average Bonchev–Trinajstić information content (AvgIpc) is 2.40. The van der Waals surface area contributed by atoms with E-state index in [1.807, 2.05) is 0 Å². The van der Waals surface area contributed by atoms with Crippen LogP contribution in [0.25, 0.3) is 0 Å². The Balaban J connectivity index is 2.09. The summed E-state index contributed by atoms with van der Waals surface area (Å²) >= 11 is 0. The molecule has 1 heterocycles. The molecule has 1 aliphatic carbocycles. The number of nitrogens with one attached hydrogen (secondary N) is 1. The van der Waals surface area contributed by atoms with Crippen molar-refractivity contribution in [1.29, 1.82) is 0 Å². The van der Waals surface area contributed by atoms with Gasteiger partial charge in [-0.1, -0.05) is 6.92 Å². The molecule has 0 radical (unpaired) electrons. The summed E-state index contributed by atoms with van der Waals surface area (Å²) in [4.78, 5) is 0. The van der Waals surface area contributed by atoms with Gasteiger partial charge in [-0.25, -0.2) is 0 Å². The van der Waals surface area contributed by atoms with Crippen molar-refractivity contribution in [1.82, 2.24) is 5.32 Å². The zero-order valence-corrected chi connectivity index (χ0v) is 4.70. The second-order valence-electron chi connectivity index (χ2n) is 2.94. The zero-order valence-electron chi connectivity index (χ0n) is 4.70. The van der Waals surface area contributed by atoms with Gasteiger partial charge < -0.3 is 5.32 Å². The third kappa shape index (κ3) is 0.325. The van der Waals surface area contributed by atoms with E-state index in [-0.39, 0.29) is 0 Å². The van der Waals surface area contributed by atoms with E-state index in [2.05, 4.69) is 12.2 Å². The van der Waals surface area contributed by atoms with Crippen LogP contribution in [0.15, 0.2) is 0 Å². The summed E-state index contributed by atoms with van der Waals surface area (Å²) in [5.41, 5.74) is 0.681. The molecule has 1 saturated heterocycles. The molecule has 2 rings (SSSR count). The van der Waals surface area contributed by atoms with Gasteiger partial charge in [-0.2, -0.15) is 0 Å². The van der Waals surface area contributed by atoms with Crippen LogP contribution >= 0.6 is 0 Å². The van der Waals surface area contributed by atoms with E-state index in [0.29, 0.717) is 5.54 Å². The van der Waals surface area contributed by atoms with Crippen molar-refractivity contribution < 1.29 is 0 Å². The molecule has 1 heteroatoms. The minimum absolute atomic E-state index is 0.681.